The number of nitrogens with one attached hydrogen (secondary N) is 1. The van der Waals surface area contributed by atoms with E-state index < -0.39 is 0 Å². The standard InChI is InChI=1S/C24H30FNO/c1-4-26-15-21-8-7-20-14-23(11-12-24(20)18(21)3)27-16-17(2)13-19-5-9-22(25)10-6-19/h5-6,9-12,14,17,26H,4,7-8,13,15-16H2,1-3H3/t17-/m0/s1. The van der Waals surface area contributed by atoms with Crippen LogP contribution in [0.3, 0.4) is 0 Å². The van der Waals surface area contributed by atoms with E-state index in [0.29, 0.717) is 12.5 Å². The summed E-state index contributed by atoms with van der Waals surface area (Å²) in [4.78, 5) is 0. The third kappa shape index (κ3) is 5.20. The molecule has 0 amide bonds. The maximum Gasteiger partial charge on any atom is 0.123 e. The van der Waals surface area contributed by atoms with E-state index in [1.807, 2.05) is 12.1 Å². The number of halogens is 1. The van der Waals surface area contributed by atoms with Gasteiger partial charge in [-0.2, -0.15) is 0 Å². The smallest absolute Gasteiger partial charge is 0.123 e. The molecule has 0 spiro atoms. The minimum Gasteiger partial charge on any atom is -0.493 e. The number of aryl methyl sites for hydroxylation is 1. The molecule has 3 rings (SSSR count). The Bertz CT molecular complexity index is 795. The van der Waals surface area contributed by atoms with Gasteiger partial charge in [-0.15, -0.1) is 0 Å². The van der Waals surface area contributed by atoms with Crippen molar-refractivity contribution in [1.82, 2.24) is 5.32 Å². The van der Waals surface area contributed by atoms with Gasteiger partial charge in [-0.1, -0.05) is 37.6 Å². The molecule has 0 aromatic heterocycles. The molecule has 0 heterocycles. The third-order valence-electron chi connectivity index (χ3n) is 5.33. The van der Waals surface area contributed by atoms with E-state index >= 15 is 0 Å². The van der Waals surface area contributed by atoms with Gasteiger partial charge >= 0.3 is 0 Å². The topological polar surface area (TPSA) is 21.3 Å². The number of hydrogen-bond donors (Lipinski definition) is 1. The molecular formula is C24H30FNO. The normalized spacial score (nSPS) is 14.8. The maximum absolute atomic E-state index is 13.0. The Morgan fingerprint density at radius 1 is 1.11 bits per heavy atom. The number of likely N-dealkylation sites (N-methyl/N-ethyl adjacent to an activating group) is 1. The zero-order valence-corrected chi connectivity index (χ0v) is 16.6. The second kappa shape index (κ2) is 9.18. The van der Waals surface area contributed by atoms with Crippen LogP contribution in [-0.4, -0.2) is 19.7 Å². The first-order valence-electron chi connectivity index (χ1n) is 9.96. The van der Waals surface area contributed by atoms with Crippen molar-refractivity contribution in [3.05, 3.63) is 70.5 Å². The molecule has 0 saturated carbocycles. The molecule has 1 N–H and O–H groups in total. The van der Waals surface area contributed by atoms with Crippen LogP contribution in [0.4, 0.5) is 4.39 Å². The van der Waals surface area contributed by atoms with Crippen LogP contribution in [0.1, 0.15) is 43.9 Å². The van der Waals surface area contributed by atoms with Gasteiger partial charge in [0.1, 0.15) is 11.6 Å². The number of ether oxygens (including phenoxy) is 1. The summed E-state index contributed by atoms with van der Waals surface area (Å²) >= 11 is 0. The number of benzene rings is 2. The Morgan fingerprint density at radius 2 is 1.89 bits per heavy atom. The molecule has 0 bridgehead atoms. The molecule has 1 aliphatic rings. The number of hydrogen-bond acceptors (Lipinski definition) is 2. The molecule has 0 radical (unpaired) electrons. The first-order chi connectivity index (χ1) is 13.1. The van der Waals surface area contributed by atoms with Crippen LogP contribution >= 0.6 is 0 Å². The molecule has 0 saturated heterocycles. The van der Waals surface area contributed by atoms with Crippen molar-refractivity contribution in [3.8, 4) is 5.75 Å². The SMILES string of the molecule is CCNCC1=C(C)c2ccc(OC[C@@H](C)Cc3ccc(F)cc3)cc2CC1. The summed E-state index contributed by atoms with van der Waals surface area (Å²) in [5, 5.41) is 3.44. The minimum absolute atomic E-state index is 0.185. The average Bonchev–Trinajstić information content (AvgIpc) is 2.68. The van der Waals surface area contributed by atoms with Gasteiger partial charge in [0.25, 0.3) is 0 Å². The van der Waals surface area contributed by atoms with Crippen molar-refractivity contribution in [2.45, 2.75) is 40.0 Å². The first-order valence-corrected chi connectivity index (χ1v) is 9.96. The van der Waals surface area contributed by atoms with E-state index in [0.717, 1.165) is 43.7 Å². The fourth-order valence-corrected chi connectivity index (χ4v) is 3.71. The average molecular weight is 368 g/mol. The Morgan fingerprint density at radius 3 is 2.63 bits per heavy atom. The molecule has 27 heavy (non-hydrogen) atoms. The highest BCUT2D eigenvalue weighted by Crippen LogP contribution is 2.33. The molecule has 2 aromatic rings. The summed E-state index contributed by atoms with van der Waals surface area (Å²) in [6, 6.07) is 13.2. The zero-order valence-electron chi connectivity index (χ0n) is 16.6. The minimum atomic E-state index is -0.185. The zero-order chi connectivity index (χ0) is 19.2. The van der Waals surface area contributed by atoms with Gasteiger partial charge in [0.05, 0.1) is 6.61 Å². The largest absolute Gasteiger partial charge is 0.493 e. The predicted molar refractivity (Wildman–Crippen MR) is 111 cm³/mol. The first kappa shape index (κ1) is 19.6. The Labute approximate surface area is 162 Å². The number of rotatable bonds is 8. The molecule has 0 unspecified atom stereocenters. The van der Waals surface area contributed by atoms with Crippen LogP contribution in [0.2, 0.25) is 0 Å². The molecule has 0 fully saturated rings. The van der Waals surface area contributed by atoms with Gasteiger partial charge < -0.3 is 10.1 Å². The highest BCUT2D eigenvalue weighted by Gasteiger charge is 2.16. The highest BCUT2D eigenvalue weighted by atomic mass is 19.1. The summed E-state index contributed by atoms with van der Waals surface area (Å²) in [6.07, 6.45) is 3.09. The summed E-state index contributed by atoms with van der Waals surface area (Å²) in [5.41, 5.74) is 6.82. The Balaban J connectivity index is 1.59. The van der Waals surface area contributed by atoms with E-state index in [9.17, 15) is 4.39 Å². The third-order valence-corrected chi connectivity index (χ3v) is 5.33. The Kier molecular flexibility index (Phi) is 6.68. The fourth-order valence-electron chi connectivity index (χ4n) is 3.71. The van der Waals surface area contributed by atoms with Gasteiger partial charge in [0, 0.05) is 6.54 Å². The van der Waals surface area contributed by atoms with Crippen molar-refractivity contribution in [1.29, 1.82) is 0 Å². The summed E-state index contributed by atoms with van der Waals surface area (Å²) in [6.45, 7) is 9.20. The molecule has 1 aliphatic carbocycles. The lowest BCUT2D eigenvalue weighted by Crippen LogP contribution is -2.19. The van der Waals surface area contributed by atoms with Gasteiger partial charge in [-0.3, -0.25) is 0 Å². The van der Waals surface area contributed by atoms with E-state index in [1.165, 1.54) is 34.4 Å². The lowest BCUT2D eigenvalue weighted by Gasteiger charge is -2.23. The van der Waals surface area contributed by atoms with Crippen molar-refractivity contribution < 1.29 is 9.13 Å². The van der Waals surface area contributed by atoms with Crippen LogP contribution in [0.15, 0.2) is 48.0 Å². The summed E-state index contributed by atoms with van der Waals surface area (Å²) < 4.78 is 19.1. The molecule has 1 atom stereocenters. The maximum atomic E-state index is 13.0. The van der Waals surface area contributed by atoms with Crippen LogP contribution in [0.5, 0.6) is 5.75 Å². The number of fused-ring (bicyclic) bond motifs is 1. The van der Waals surface area contributed by atoms with Gasteiger partial charge in [0.15, 0.2) is 0 Å². The van der Waals surface area contributed by atoms with E-state index in [4.69, 9.17) is 4.74 Å². The monoisotopic (exact) mass is 367 g/mol. The molecule has 2 aromatic carbocycles. The number of allylic oxidation sites excluding steroid dienone is 1. The molecular weight excluding hydrogens is 337 g/mol. The molecule has 3 heteroatoms. The van der Waals surface area contributed by atoms with Crippen molar-refractivity contribution in [2.75, 3.05) is 19.7 Å². The quantitative estimate of drug-likeness (QED) is 0.673. The summed E-state index contributed by atoms with van der Waals surface area (Å²) in [7, 11) is 0. The summed E-state index contributed by atoms with van der Waals surface area (Å²) in [5.74, 6) is 1.14. The predicted octanol–water partition coefficient (Wildman–Crippen LogP) is 5.41. The van der Waals surface area contributed by atoms with Crippen LogP contribution in [-0.2, 0) is 12.8 Å². The lowest BCUT2D eigenvalue weighted by atomic mass is 9.86. The van der Waals surface area contributed by atoms with Crippen molar-refractivity contribution >= 4 is 5.57 Å². The van der Waals surface area contributed by atoms with Gasteiger partial charge in [0.2, 0.25) is 0 Å². The van der Waals surface area contributed by atoms with Crippen LogP contribution in [0.25, 0.3) is 5.57 Å². The lowest BCUT2D eigenvalue weighted by molar-refractivity contribution is 0.259. The van der Waals surface area contributed by atoms with Gasteiger partial charge in [-0.25, -0.2) is 4.39 Å². The van der Waals surface area contributed by atoms with E-state index in [2.05, 4.69) is 44.3 Å². The van der Waals surface area contributed by atoms with Gasteiger partial charge in [-0.05, 0) is 85.2 Å². The molecule has 0 aliphatic heterocycles. The van der Waals surface area contributed by atoms with Crippen LogP contribution < -0.4 is 10.1 Å². The fraction of sp³-hybridized carbons (Fsp3) is 0.417. The molecule has 2 nitrogen and oxygen atoms in total. The highest BCUT2D eigenvalue weighted by molar-refractivity contribution is 5.72. The van der Waals surface area contributed by atoms with Crippen molar-refractivity contribution in [3.63, 3.8) is 0 Å². The van der Waals surface area contributed by atoms with E-state index in [-0.39, 0.29) is 5.82 Å². The Hall–Kier alpha value is -2.13. The van der Waals surface area contributed by atoms with Crippen LogP contribution in [0, 0.1) is 11.7 Å². The second-order valence-corrected chi connectivity index (χ2v) is 7.57. The molecule has 144 valence electrons. The van der Waals surface area contributed by atoms with E-state index in [1.54, 1.807) is 0 Å². The second-order valence-electron chi connectivity index (χ2n) is 7.57. The van der Waals surface area contributed by atoms with Crippen molar-refractivity contribution in [2.24, 2.45) is 5.92 Å².